The molecule has 2 aromatic heterocycles. The molecule has 0 spiro atoms. The first-order valence-electron chi connectivity index (χ1n) is 4.03. The minimum Gasteiger partial charge on any atom is -0.374 e. The molecule has 2 N–H and O–H groups in total. The Morgan fingerprint density at radius 1 is 1.57 bits per heavy atom. The van der Waals surface area contributed by atoms with Crippen LogP contribution in [-0.4, -0.2) is 20.0 Å². The van der Waals surface area contributed by atoms with E-state index in [1.54, 1.807) is 0 Å². The van der Waals surface area contributed by atoms with Crippen LogP contribution in [0.3, 0.4) is 0 Å². The van der Waals surface area contributed by atoms with Gasteiger partial charge >= 0.3 is 0 Å². The van der Waals surface area contributed by atoms with Crippen LogP contribution in [0, 0.1) is 5.95 Å². The molecule has 0 atom stereocenters. The highest BCUT2D eigenvalue weighted by molar-refractivity contribution is 7.18. The minimum absolute atomic E-state index is 0.323. The molecule has 0 radical (unpaired) electrons. The number of nitrogens with zero attached hydrogens (tertiary/aromatic N) is 4. The number of hydrogen-bond donors (Lipinski definition) is 1. The fourth-order valence-corrected chi connectivity index (χ4v) is 1.69. The maximum atomic E-state index is 13.5. The van der Waals surface area contributed by atoms with Crippen molar-refractivity contribution in [2.45, 2.75) is 13.5 Å². The van der Waals surface area contributed by atoms with Crippen molar-refractivity contribution in [2.75, 3.05) is 5.73 Å². The Balaban J connectivity index is 2.46. The summed E-state index contributed by atoms with van der Waals surface area (Å²) in [7, 11) is 0. The molecule has 7 heteroatoms. The molecule has 0 saturated carbocycles. The number of halogens is 1. The van der Waals surface area contributed by atoms with Gasteiger partial charge in [0, 0.05) is 6.54 Å². The van der Waals surface area contributed by atoms with Gasteiger partial charge in [0.05, 0.1) is 11.8 Å². The molecule has 0 aromatic carbocycles. The third-order valence-corrected chi connectivity index (χ3v) is 2.53. The summed E-state index contributed by atoms with van der Waals surface area (Å²) in [6.45, 7) is 2.30. The summed E-state index contributed by atoms with van der Waals surface area (Å²) in [5.41, 5.74) is 5.75. The lowest BCUT2D eigenvalue weighted by molar-refractivity contribution is 0.473. The zero-order valence-corrected chi connectivity index (χ0v) is 8.25. The van der Waals surface area contributed by atoms with E-state index in [4.69, 9.17) is 5.73 Å². The van der Waals surface area contributed by atoms with Crippen molar-refractivity contribution in [1.29, 1.82) is 0 Å². The maximum Gasteiger partial charge on any atom is 0.221 e. The van der Waals surface area contributed by atoms with Gasteiger partial charge in [0.15, 0.2) is 5.01 Å². The fourth-order valence-electron chi connectivity index (χ4n) is 1.08. The van der Waals surface area contributed by atoms with Crippen LogP contribution in [-0.2, 0) is 6.54 Å². The highest BCUT2D eigenvalue weighted by Gasteiger charge is 2.14. The topological polar surface area (TPSA) is 69.6 Å². The fraction of sp³-hybridized carbons (Fsp3) is 0.286. The van der Waals surface area contributed by atoms with Crippen LogP contribution in [0.1, 0.15) is 6.92 Å². The number of anilines is 1. The molecule has 0 saturated heterocycles. The Labute approximate surface area is 83.4 Å². The third-order valence-electron chi connectivity index (χ3n) is 1.75. The van der Waals surface area contributed by atoms with Gasteiger partial charge in [-0.1, -0.05) is 11.3 Å². The van der Waals surface area contributed by atoms with E-state index in [-0.39, 0.29) is 0 Å². The van der Waals surface area contributed by atoms with Crippen LogP contribution >= 0.6 is 11.3 Å². The van der Waals surface area contributed by atoms with E-state index in [1.165, 1.54) is 10.9 Å². The molecule has 0 fully saturated rings. The lowest BCUT2D eigenvalue weighted by atomic mass is 10.4. The van der Waals surface area contributed by atoms with Gasteiger partial charge in [0.2, 0.25) is 11.1 Å². The molecule has 0 aliphatic heterocycles. The van der Waals surface area contributed by atoms with Crippen LogP contribution in [0.25, 0.3) is 10.6 Å². The molecular weight excluding hydrogens is 205 g/mol. The number of aryl methyl sites for hydroxylation is 1. The molecule has 0 aliphatic carbocycles. The number of nitrogens with two attached hydrogens (primary N) is 1. The van der Waals surface area contributed by atoms with Crippen molar-refractivity contribution >= 4 is 16.5 Å². The lowest BCUT2D eigenvalue weighted by Crippen LogP contribution is -1.99. The number of nitrogen functional groups attached to an aromatic ring is 1. The smallest absolute Gasteiger partial charge is 0.221 e. The monoisotopic (exact) mass is 213 g/mol. The zero-order chi connectivity index (χ0) is 10.1. The summed E-state index contributed by atoms with van der Waals surface area (Å²) in [5, 5.41) is 12.0. The first kappa shape index (κ1) is 9.07. The van der Waals surface area contributed by atoms with Gasteiger partial charge in [-0.25, -0.2) is 4.68 Å². The number of rotatable bonds is 2. The Morgan fingerprint density at radius 2 is 2.36 bits per heavy atom. The normalized spacial score (nSPS) is 10.7. The van der Waals surface area contributed by atoms with E-state index in [1.807, 2.05) is 6.92 Å². The average molecular weight is 213 g/mol. The van der Waals surface area contributed by atoms with E-state index in [0.29, 0.717) is 22.2 Å². The molecule has 5 nitrogen and oxygen atoms in total. The Bertz CT molecular complexity index is 449. The van der Waals surface area contributed by atoms with Crippen LogP contribution in [0.15, 0.2) is 6.20 Å². The molecule has 14 heavy (non-hydrogen) atoms. The van der Waals surface area contributed by atoms with Gasteiger partial charge in [-0.2, -0.15) is 9.49 Å². The van der Waals surface area contributed by atoms with Crippen molar-refractivity contribution in [3.63, 3.8) is 0 Å². The van der Waals surface area contributed by atoms with Crippen LogP contribution in [0.4, 0.5) is 9.52 Å². The van der Waals surface area contributed by atoms with E-state index >= 15 is 0 Å². The highest BCUT2D eigenvalue weighted by atomic mass is 32.1. The molecule has 2 rings (SSSR count). The summed E-state index contributed by atoms with van der Waals surface area (Å²) in [4.78, 5) is 0. The van der Waals surface area contributed by atoms with Crippen molar-refractivity contribution in [3.8, 4) is 10.6 Å². The molecule has 74 valence electrons. The third kappa shape index (κ3) is 1.35. The standard InChI is InChI=1S/C7H8FN5S/c1-2-13-5(8)4(3-10-13)6-11-12-7(9)14-6/h3H,2H2,1H3,(H2,9,12). The van der Waals surface area contributed by atoms with E-state index < -0.39 is 5.95 Å². The van der Waals surface area contributed by atoms with Crippen LogP contribution in [0.5, 0.6) is 0 Å². The van der Waals surface area contributed by atoms with E-state index in [9.17, 15) is 4.39 Å². The second-order valence-corrected chi connectivity index (χ2v) is 3.62. The van der Waals surface area contributed by atoms with E-state index in [0.717, 1.165) is 11.3 Å². The molecule has 0 unspecified atom stereocenters. The first-order chi connectivity index (χ1) is 6.72. The lowest BCUT2D eigenvalue weighted by Gasteiger charge is -1.94. The average Bonchev–Trinajstić information content (AvgIpc) is 2.72. The first-order valence-corrected chi connectivity index (χ1v) is 4.84. The van der Waals surface area contributed by atoms with Gasteiger partial charge in [-0.05, 0) is 6.92 Å². The molecule has 0 aliphatic rings. The quantitative estimate of drug-likeness (QED) is 0.812. The van der Waals surface area contributed by atoms with Gasteiger partial charge in [0.25, 0.3) is 0 Å². The number of hydrogen-bond acceptors (Lipinski definition) is 5. The zero-order valence-electron chi connectivity index (χ0n) is 7.44. The van der Waals surface area contributed by atoms with Gasteiger partial charge < -0.3 is 5.73 Å². The number of aromatic nitrogens is 4. The maximum absolute atomic E-state index is 13.5. The summed E-state index contributed by atoms with van der Waals surface area (Å²) in [6, 6.07) is 0. The minimum atomic E-state index is -0.399. The summed E-state index contributed by atoms with van der Waals surface area (Å²) in [6.07, 6.45) is 1.43. The van der Waals surface area contributed by atoms with Crippen molar-refractivity contribution in [2.24, 2.45) is 0 Å². The van der Waals surface area contributed by atoms with Crippen molar-refractivity contribution < 1.29 is 4.39 Å². The van der Waals surface area contributed by atoms with Crippen LogP contribution in [0.2, 0.25) is 0 Å². The van der Waals surface area contributed by atoms with Crippen molar-refractivity contribution in [1.82, 2.24) is 20.0 Å². The molecule has 0 amide bonds. The van der Waals surface area contributed by atoms with Gasteiger partial charge in [0.1, 0.15) is 0 Å². The highest BCUT2D eigenvalue weighted by Crippen LogP contribution is 2.26. The molecule has 0 bridgehead atoms. The SMILES string of the molecule is CCn1ncc(-c2nnc(N)s2)c1F. The molecule has 2 aromatic rings. The summed E-state index contributed by atoms with van der Waals surface area (Å²) < 4.78 is 14.8. The predicted molar refractivity (Wildman–Crippen MR) is 51.2 cm³/mol. The van der Waals surface area contributed by atoms with Gasteiger partial charge in [-0.3, -0.25) is 0 Å². The van der Waals surface area contributed by atoms with Crippen molar-refractivity contribution in [3.05, 3.63) is 12.1 Å². The Hall–Kier alpha value is -1.50. The summed E-state index contributed by atoms with van der Waals surface area (Å²) in [5.74, 6) is -0.399. The molecule has 2 heterocycles. The Kier molecular flexibility index (Phi) is 2.16. The predicted octanol–water partition coefficient (Wildman–Crippen LogP) is 1.14. The summed E-state index contributed by atoms with van der Waals surface area (Å²) >= 11 is 1.14. The van der Waals surface area contributed by atoms with Crippen LogP contribution < -0.4 is 5.73 Å². The Morgan fingerprint density at radius 3 is 2.86 bits per heavy atom. The van der Waals surface area contributed by atoms with Gasteiger partial charge in [-0.15, -0.1) is 10.2 Å². The second-order valence-electron chi connectivity index (χ2n) is 2.61. The largest absolute Gasteiger partial charge is 0.374 e. The van der Waals surface area contributed by atoms with E-state index in [2.05, 4.69) is 15.3 Å². The second kappa shape index (κ2) is 3.33. The molecular formula is C7H8FN5S.